The van der Waals surface area contributed by atoms with Crippen molar-refractivity contribution in [1.82, 2.24) is 4.98 Å². The molecule has 0 aliphatic rings. The maximum Gasteiger partial charge on any atom is 0.146 e. The fourth-order valence-electron chi connectivity index (χ4n) is 2.42. The largest absolute Gasteiger partial charge is 0.494 e. The molecule has 4 nitrogen and oxygen atoms in total. The number of oxime groups is 1. The number of pyridine rings is 1. The third-order valence-electron chi connectivity index (χ3n) is 3.58. The van der Waals surface area contributed by atoms with E-state index in [1.807, 2.05) is 18.2 Å². The van der Waals surface area contributed by atoms with E-state index in [1.165, 1.54) is 24.6 Å². The summed E-state index contributed by atoms with van der Waals surface area (Å²) in [7, 11) is 1.58. The molecule has 2 aromatic rings. The maximum atomic E-state index is 8.66. The molecular formula is C18H22N2O2. The Morgan fingerprint density at radius 2 is 1.82 bits per heavy atom. The molecule has 116 valence electrons. The van der Waals surface area contributed by atoms with Crippen LogP contribution in [0, 0.1) is 0 Å². The van der Waals surface area contributed by atoms with Gasteiger partial charge in [-0.1, -0.05) is 41.9 Å². The first kappa shape index (κ1) is 16.0. The summed E-state index contributed by atoms with van der Waals surface area (Å²) < 4.78 is 5.18. The minimum Gasteiger partial charge on any atom is -0.494 e. The highest BCUT2D eigenvalue weighted by Crippen LogP contribution is 2.16. The van der Waals surface area contributed by atoms with Gasteiger partial charge >= 0.3 is 0 Å². The molecule has 0 unspecified atom stereocenters. The monoisotopic (exact) mass is 298 g/mol. The van der Waals surface area contributed by atoms with Gasteiger partial charge in [0.2, 0.25) is 0 Å². The summed E-state index contributed by atoms with van der Waals surface area (Å²) in [6.07, 6.45) is 6.81. The van der Waals surface area contributed by atoms with Crippen molar-refractivity contribution in [3.8, 4) is 5.75 Å². The minimum absolute atomic E-state index is 0.562. The van der Waals surface area contributed by atoms with E-state index in [0.717, 1.165) is 25.0 Å². The van der Waals surface area contributed by atoms with Crippen molar-refractivity contribution in [2.45, 2.75) is 32.1 Å². The summed E-state index contributed by atoms with van der Waals surface area (Å²) in [5, 5.41) is 11.7. The van der Waals surface area contributed by atoms with Crippen molar-refractivity contribution in [2.24, 2.45) is 5.16 Å². The highest BCUT2D eigenvalue weighted by Gasteiger charge is 2.04. The third-order valence-corrected chi connectivity index (χ3v) is 3.58. The number of rotatable bonds is 8. The van der Waals surface area contributed by atoms with Crippen LogP contribution < -0.4 is 4.74 Å². The van der Waals surface area contributed by atoms with Crippen molar-refractivity contribution in [1.29, 1.82) is 0 Å². The predicted octanol–water partition coefficient (Wildman–Crippen LogP) is 3.85. The van der Waals surface area contributed by atoms with E-state index in [9.17, 15) is 0 Å². The maximum absolute atomic E-state index is 8.66. The average Bonchev–Trinajstić information content (AvgIpc) is 2.56. The molecule has 4 heteroatoms. The third kappa shape index (κ3) is 4.88. The SMILES string of the molecule is COc1ccc(CCCCCc2ccccc2)nc1/C=N/O. The second kappa shape index (κ2) is 8.82. The Balaban J connectivity index is 1.78. The summed E-state index contributed by atoms with van der Waals surface area (Å²) >= 11 is 0. The van der Waals surface area contributed by atoms with Crippen molar-refractivity contribution in [3.05, 3.63) is 59.4 Å². The van der Waals surface area contributed by atoms with Gasteiger partial charge in [0.05, 0.1) is 13.3 Å². The van der Waals surface area contributed by atoms with Gasteiger partial charge in [-0.2, -0.15) is 0 Å². The molecule has 0 aliphatic carbocycles. The topological polar surface area (TPSA) is 54.7 Å². The number of ether oxygens (including phenoxy) is 1. The van der Waals surface area contributed by atoms with Gasteiger partial charge in [-0.3, -0.25) is 0 Å². The molecule has 0 saturated heterocycles. The Kier molecular flexibility index (Phi) is 6.42. The van der Waals surface area contributed by atoms with E-state index >= 15 is 0 Å². The molecule has 0 spiro atoms. The number of aromatic nitrogens is 1. The Morgan fingerprint density at radius 1 is 1.05 bits per heavy atom. The van der Waals surface area contributed by atoms with E-state index in [2.05, 4.69) is 34.4 Å². The molecule has 0 radical (unpaired) electrons. The van der Waals surface area contributed by atoms with E-state index in [-0.39, 0.29) is 0 Å². The summed E-state index contributed by atoms with van der Waals surface area (Å²) in [5.41, 5.74) is 2.95. The predicted molar refractivity (Wildman–Crippen MR) is 87.9 cm³/mol. The molecule has 0 bridgehead atoms. The summed E-state index contributed by atoms with van der Waals surface area (Å²) in [4.78, 5) is 4.45. The number of methoxy groups -OCH3 is 1. The van der Waals surface area contributed by atoms with Crippen molar-refractivity contribution in [2.75, 3.05) is 7.11 Å². The highest BCUT2D eigenvalue weighted by molar-refractivity contribution is 5.80. The second-order valence-electron chi connectivity index (χ2n) is 5.18. The van der Waals surface area contributed by atoms with Crippen LogP contribution >= 0.6 is 0 Å². The van der Waals surface area contributed by atoms with Crippen LogP contribution in [-0.4, -0.2) is 23.5 Å². The number of unbranched alkanes of at least 4 members (excludes halogenated alkanes) is 2. The first-order valence-corrected chi connectivity index (χ1v) is 7.58. The molecule has 1 heterocycles. The van der Waals surface area contributed by atoms with Crippen LogP contribution in [0.25, 0.3) is 0 Å². The first-order chi connectivity index (χ1) is 10.8. The normalized spacial score (nSPS) is 11.0. The summed E-state index contributed by atoms with van der Waals surface area (Å²) in [6, 6.07) is 14.4. The molecule has 0 fully saturated rings. The van der Waals surface area contributed by atoms with Crippen LogP contribution in [0.5, 0.6) is 5.75 Å². The van der Waals surface area contributed by atoms with Crippen molar-refractivity contribution >= 4 is 6.21 Å². The zero-order valence-corrected chi connectivity index (χ0v) is 12.9. The molecule has 22 heavy (non-hydrogen) atoms. The standard InChI is InChI=1S/C18H22N2O2/c1-22-18-13-12-16(20-17(18)14-19-21)11-7-3-6-10-15-8-4-2-5-9-15/h2,4-5,8-9,12-14,21H,3,6-7,10-11H2,1H3/b19-14+. The zero-order valence-electron chi connectivity index (χ0n) is 12.9. The Hall–Kier alpha value is -2.36. The molecule has 1 aromatic carbocycles. The molecule has 0 saturated carbocycles. The van der Waals surface area contributed by atoms with Gasteiger partial charge in [-0.25, -0.2) is 4.98 Å². The van der Waals surface area contributed by atoms with Crippen LogP contribution in [-0.2, 0) is 12.8 Å². The van der Waals surface area contributed by atoms with Crippen LogP contribution in [0.3, 0.4) is 0 Å². The quantitative estimate of drug-likeness (QED) is 0.348. The van der Waals surface area contributed by atoms with Crippen molar-refractivity contribution in [3.63, 3.8) is 0 Å². The van der Waals surface area contributed by atoms with E-state index in [0.29, 0.717) is 11.4 Å². The molecule has 0 atom stereocenters. The van der Waals surface area contributed by atoms with Gasteiger partial charge < -0.3 is 9.94 Å². The molecule has 1 aromatic heterocycles. The molecule has 2 rings (SSSR count). The van der Waals surface area contributed by atoms with E-state index in [1.54, 1.807) is 7.11 Å². The summed E-state index contributed by atoms with van der Waals surface area (Å²) in [5.74, 6) is 0.616. The van der Waals surface area contributed by atoms with E-state index < -0.39 is 0 Å². The fraction of sp³-hybridized carbons (Fsp3) is 0.333. The van der Waals surface area contributed by atoms with Gasteiger partial charge in [0.15, 0.2) is 0 Å². The first-order valence-electron chi connectivity index (χ1n) is 7.58. The zero-order chi connectivity index (χ0) is 15.6. The Labute approximate surface area is 131 Å². The van der Waals surface area contributed by atoms with Crippen LogP contribution in [0.15, 0.2) is 47.6 Å². The van der Waals surface area contributed by atoms with Crippen LogP contribution in [0.2, 0.25) is 0 Å². The van der Waals surface area contributed by atoms with Crippen LogP contribution in [0.1, 0.15) is 36.2 Å². The lowest BCUT2D eigenvalue weighted by atomic mass is 10.1. The number of benzene rings is 1. The van der Waals surface area contributed by atoms with Gasteiger partial charge in [-0.05, 0) is 43.4 Å². The van der Waals surface area contributed by atoms with Gasteiger partial charge in [-0.15, -0.1) is 0 Å². The molecule has 1 N–H and O–H groups in total. The number of hydrogen-bond donors (Lipinski definition) is 1. The summed E-state index contributed by atoms with van der Waals surface area (Å²) in [6.45, 7) is 0. The van der Waals surface area contributed by atoms with Crippen molar-refractivity contribution < 1.29 is 9.94 Å². The Bertz CT molecular complexity index is 597. The Morgan fingerprint density at radius 3 is 2.55 bits per heavy atom. The molecule has 0 amide bonds. The number of hydrogen-bond acceptors (Lipinski definition) is 4. The van der Waals surface area contributed by atoms with Gasteiger partial charge in [0.1, 0.15) is 11.4 Å². The number of nitrogens with zero attached hydrogens (tertiary/aromatic N) is 2. The fourth-order valence-corrected chi connectivity index (χ4v) is 2.42. The second-order valence-corrected chi connectivity index (χ2v) is 5.18. The molecular weight excluding hydrogens is 276 g/mol. The average molecular weight is 298 g/mol. The highest BCUT2D eigenvalue weighted by atomic mass is 16.5. The van der Waals surface area contributed by atoms with E-state index in [4.69, 9.17) is 9.94 Å². The number of aryl methyl sites for hydroxylation is 2. The van der Waals surface area contributed by atoms with Gasteiger partial charge in [0, 0.05) is 5.69 Å². The van der Waals surface area contributed by atoms with Gasteiger partial charge in [0.25, 0.3) is 0 Å². The lowest BCUT2D eigenvalue weighted by Crippen LogP contribution is -1.99. The van der Waals surface area contributed by atoms with Crippen LogP contribution in [0.4, 0.5) is 0 Å². The lowest BCUT2D eigenvalue weighted by molar-refractivity contribution is 0.321. The smallest absolute Gasteiger partial charge is 0.146 e. The lowest BCUT2D eigenvalue weighted by Gasteiger charge is -2.06. The minimum atomic E-state index is 0.562. The molecule has 0 aliphatic heterocycles.